The molecule has 2 amide bonds. The van der Waals surface area contributed by atoms with E-state index < -0.39 is 29.8 Å². The molecule has 2 aromatic rings. The number of halogens is 1. The fourth-order valence-electron chi connectivity index (χ4n) is 2.22. The number of carbonyl (C=O) groups excluding carboxylic acids is 2. The van der Waals surface area contributed by atoms with Gasteiger partial charge in [0.1, 0.15) is 5.82 Å². The third kappa shape index (κ3) is 5.17. The van der Waals surface area contributed by atoms with Crippen LogP contribution in [0.25, 0.3) is 0 Å². The Hall–Kier alpha value is -2.73. The number of rotatable bonds is 5. The van der Waals surface area contributed by atoms with Gasteiger partial charge in [0.05, 0.1) is 6.10 Å². The van der Waals surface area contributed by atoms with Gasteiger partial charge in [0.15, 0.2) is 0 Å². The zero-order valence-corrected chi connectivity index (χ0v) is 13.2. The predicted molar refractivity (Wildman–Crippen MR) is 88.7 cm³/mol. The number of anilines is 1. The number of benzene rings is 2. The lowest BCUT2D eigenvalue weighted by atomic mass is 10.0. The first kappa shape index (κ1) is 17.6. The van der Waals surface area contributed by atoms with E-state index in [4.69, 9.17) is 0 Å². The van der Waals surface area contributed by atoms with E-state index in [0.717, 1.165) is 5.56 Å². The van der Waals surface area contributed by atoms with Gasteiger partial charge in [-0.1, -0.05) is 30.3 Å². The zero-order valence-electron chi connectivity index (χ0n) is 13.2. The maximum absolute atomic E-state index is 12.8. The Morgan fingerprint density at radius 1 is 1.04 bits per heavy atom. The van der Waals surface area contributed by atoms with Crippen molar-refractivity contribution in [3.63, 3.8) is 0 Å². The van der Waals surface area contributed by atoms with Gasteiger partial charge in [0, 0.05) is 11.7 Å². The van der Waals surface area contributed by atoms with Crippen LogP contribution in [-0.2, 0) is 9.59 Å². The summed E-state index contributed by atoms with van der Waals surface area (Å²) in [4.78, 5) is 23.7. The van der Waals surface area contributed by atoms with Gasteiger partial charge in [0.2, 0.25) is 0 Å². The molecule has 6 heteroatoms. The lowest BCUT2D eigenvalue weighted by molar-refractivity contribution is -0.136. The summed E-state index contributed by atoms with van der Waals surface area (Å²) in [6, 6.07) is 13.8. The lowest BCUT2D eigenvalue weighted by Crippen LogP contribution is -2.41. The second-order valence-corrected chi connectivity index (χ2v) is 5.50. The summed E-state index contributed by atoms with van der Waals surface area (Å²) < 4.78 is 12.8. The number of nitrogens with one attached hydrogen (secondary N) is 2. The van der Waals surface area contributed by atoms with Crippen molar-refractivity contribution in [2.75, 3.05) is 5.32 Å². The molecule has 24 heavy (non-hydrogen) atoms. The summed E-state index contributed by atoms with van der Waals surface area (Å²) in [5.41, 5.74) is 1.07. The highest BCUT2D eigenvalue weighted by molar-refractivity contribution is 6.39. The van der Waals surface area contributed by atoms with Crippen LogP contribution in [0.5, 0.6) is 0 Å². The summed E-state index contributed by atoms with van der Waals surface area (Å²) in [7, 11) is 0. The van der Waals surface area contributed by atoms with Gasteiger partial charge < -0.3 is 15.7 Å². The number of aliphatic hydroxyl groups excluding tert-OH is 1. The van der Waals surface area contributed by atoms with Gasteiger partial charge in [-0.25, -0.2) is 4.39 Å². The van der Waals surface area contributed by atoms with Crippen LogP contribution >= 0.6 is 0 Å². The number of carbonyl (C=O) groups is 2. The second-order valence-electron chi connectivity index (χ2n) is 5.50. The molecule has 0 radical (unpaired) electrons. The Morgan fingerprint density at radius 2 is 1.67 bits per heavy atom. The molecule has 0 saturated carbocycles. The van der Waals surface area contributed by atoms with Crippen LogP contribution in [0.4, 0.5) is 10.1 Å². The highest BCUT2D eigenvalue weighted by Crippen LogP contribution is 2.17. The molecule has 0 fully saturated rings. The molecule has 2 aromatic carbocycles. The maximum Gasteiger partial charge on any atom is 0.313 e. The molecule has 2 atom stereocenters. The first-order chi connectivity index (χ1) is 11.5. The molecule has 2 rings (SSSR count). The Morgan fingerprint density at radius 3 is 2.29 bits per heavy atom. The lowest BCUT2D eigenvalue weighted by Gasteiger charge is -2.18. The fraction of sp³-hybridized carbons (Fsp3) is 0.222. The summed E-state index contributed by atoms with van der Waals surface area (Å²) in [5, 5.41) is 15.0. The molecule has 0 spiro atoms. The van der Waals surface area contributed by atoms with Gasteiger partial charge in [-0.15, -0.1) is 0 Å². The average Bonchev–Trinajstić information content (AvgIpc) is 2.57. The van der Waals surface area contributed by atoms with E-state index in [1.165, 1.54) is 24.3 Å². The van der Waals surface area contributed by atoms with Crippen molar-refractivity contribution in [2.45, 2.75) is 25.5 Å². The van der Waals surface area contributed by atoms with E-state index in [1.807, 2.05) is 18.2 Å². The van der Waals surface area contributed by atoms with Gasteiger partial charge in [-0.05, 0) is 43.2 Å². The summed E-state index contributed by atoms with van der Waals surface area (Å²) in [5.74, 6) is -2.09. The molecule has 2 unspecified atom stereocenters. The quantitative estimate of drug-likeness (QED) is 0.737. The molecular formula is C18H19FN2O3. The van der Waals surface area contributed by atoms with Gasteiger partial charge in [0.25, 0.3) is 0 Å². The Kier molecular flexibility index (Phi) is 6.03. The molecule has 0 heterocycles. The van der Waals surface area contributed by atoms with E-state index in [1.54, 1.807) is 19.1 Å². The van der Waals surface area contributed by atoms with Crippen molar-refractivity contribution in [1.29, 1.82) is 0 Å². The van der Waals surface area contributed by atoms with E-state index in [9.17, 15) is 19.1 Å². The zero-order chi connectivity index (χ0) is 17.5. The van der Waals surface area contributed by atoms with E-state index in [-0.39, 0.29) is 6.42 Å². The van der Waals surface area contributed by atoms with Crippen LogP contribution in [0.2, 0.25) is 0 Å². The molecule has 0 aliphatic rings. The minimum atomic E-state index is -0.845. The average molecular weight is 330 g/mol. The van der Waals surface area contributed by atoms with Gasteiger partial charge in [-0.3, -0.25) is 9.59 Å². The van der Waals surface area contributed by atoms with Crippen molar-refractivity contribution in [3.8, 4) is 0 Å². The highest BCUT2D eigenvalue weighted by atomic mass is 19.1. The molecule has 0 saturated heterocycles. The maximum atomic E-state index is 12.8. The van der Waals surface area contributed by atoms with Crippen molar-refractivity contribution in [3.05, 3.63) is 66.0 Å². The molecular weight excluding hydrogens is 311 g/mol. The molecule has 5 nitrogen and oxygen atoms in total. The van der Waals surface area contributed by atoms with Crippen LogP contribution in [0.1, 0.15) is 25.0 Å². The third-order valence-electron chi connectivity index (χ3n) is 3.45. The normalized spacial score (nSPS) is 13.0. The summed E-state index contributed by atoms with van der Waals surface area (Å²) in [6.07, 6.45) is -0.457. The van der Waals surface area contributed by atoms with Crippen molar-refractivity contribution >= 4 is 17.5 Å². The standard InChI is InChI=1S/C18H19FN2O3/c1-12(11-16(22)13-5-3-2-4-6-13)20-17(23)18(24)21-15-9-7-14(19)8-10-15/h2-10,12,16,22H,11H2,1H3,(H,20,23)(H,21,24). The van der Waals surface area contributed by atoms with Crippen molar-refractivity contribution < 1.29 is 19.1 Å². The van der Waals surface area contributed by atoms with Crippen LogP contribution in [0.15, 0.2) is 54.6 Å². The number of hydrogen-bond donors (Lipinski definition) is 3. The van der Waals surface area contributed by atoms with Crippen LogP contribution in [0.3, 0.4) is 0 Å². The fourth-order valence-corrected chi connectivity index (χ4v) is 2.22. The van der Waals surface area contributed by atoms with Crippen molar-refractivity contribution in [2.24, 2.45) is 0 Å². The van der Waals surface area contributed by atoms with Gasteiger partial charge >= 0.3 is 11.8 Å². The predicted octanol–water partition coefficient (Wildman–Crippen LogP) is 2.39. The van der Waals surface area contributed by atoms with Gasteiger partial charge in [-0.2, -0.15) is 0 Å². The molecule has 0 aliphatic carbocycles. The smallest absolute Gasteiger partial charge is 0.313 e. The minimum absolute atomic E-state index is 0.277. The number of hydrogen-bond acceptors (Lipinski definition) is 3. The van der Waals surface area contributed by atoms with E-state index >= 15 is 0 Å². The monoisotopic (exact) mass is 330 g/mol. The Balaban J connectivity index is 1.84. The third-order valence-corrected chi connectivity index (χ3v) is 3.45. The highest BCUT2D eigenvalue weighted by Gasteiger charge is 2.19. The second kappa shape index (κ2) is 8.21. The minimum Gasteiger partial charge on any atom is -0.388 e. The molecule has 126 valence electrons. The molecule has 0 bridgehead atoms. The van der Waals surface area contributed by atoms with Crippen LogP contribution in [0, 0.1) is 5.82 Å². The van der Waals surface area contributed by atoms with Crippen LogP contribution < -0.4 is 10.6 Å². The first-order valence-corrected chi connectivity index (χ1v) is 7.56. The summed E-state index contributed by atoms with van der Waals surface area (Å²) in [6.45, 7) is 1.70. The topological polar surface area (TPSA) is 78.4 Å². The first-order valence-electron chi connectivity index (χ1n) is 7.56. The largest absolute Gasteiger partial charge is 0.388 e. The van der Waals surface area contributed by atoms with Crippen LogP contribution in [-0.4, -0.2) is 23.0 Å². The number of aliphatic hydroxyl groups is 1. The van der Waals surface area contributed by atoms with Crippen molar-refractivity contribution in [1.82, 2.24) is 5.32 Å². The SMILES string of the molecule is CC(CC(O)c1ccccc1)NC(=O)C(=O)Nc1ccc(F)cc1. The summed E-state index contributed by atoms with van der Waals surface area (Å²) >= 11 is 0. The Labute approximate surface area is 139 Å². The molecule has 3 N–H and O–H groups in total. The van der Waals surface area contributed by atoms with E-state index in [0.29, 0.717) is 5.69 Å². The van der Waals surface area contributed by atoms with E-state index in [2.05, 4.69) is 10.6 Å². The number of amides is 2. The molecule has 0 aromatic heterocycles. The Bertz CT molecular complexity index is 689. The molecule has 0 aliphatic heterocycles.